The Balaban J connectivity index is 1.52. The average Bonchev–Trinajstić information content (AvgIpc) is 3.09. The molecule has 0 bridgehead atoms. The van der Waals surface area contributed by atoms with Crippen LogP contribution in [0, 0.1) is 13.8 Å². The highest BCUT2D eigenvalue weighted by atomic mass is 14.7. The van der Waals surface area contributed by atoms with Crippen LogP contribution in [0.4, 0.5) is 0 Å². The monoisotopic (exact) mass is 589 g/mol. The Bertz CT molecular complexity index is 2580. The van der Waals surface area contributed by atoms with Crippen molar-refractivity contribution in [2.75, 3.05) is 0 Å². The van der Waals surface area contributed by atoms with Gasteiger partial charge in [-0.25, -0.2) is 4.98 Å². The van der Waals surface area contributed by atoms with Crippen molar-refractivity contribution >= 4 is 65.8 Å². The standard InChI is InChI=1S/C45H35N/c1-5-11-35-28(3)20-25-39-44(35)43(45-37-18-8-7-13-30(37)23-26-40(45)46-39)34-17-10-16-33(27-34)36(12-6-2)38-24-22-32-15-9-14-31-21-19-29(4)41(38)42(31)32/h5-11,13-27H,2,12H2,1,3-4H3/b11-5-,38-36+. The second-order valence-corrected chi connectivity index (χ2v) is 12.4. The number of aryl methyl sites for hydroxylation is 2. The third-order valence-electron chi connectivity index (χ3n) is 9.58. The number of allylic oxidation sites excluding steroid dienone is 2. The lowest BCUT2D eigenvalue weighted by molar-refractivity contribution is 1.36. The van der Waals surface area contributed by atoms with Gasteiger partial charge < -0.3 is 0 Å². The van der Waals surface area contributed by atoms with Crippen molar-refractivity contribution in [2.24, 2.45) is 0 Å². The predicted molar refractivity (Wildman–Crippen MR) is 200 cm³/mol. The number of rotatable bonds is 5. The molecule has 0 atom stereocenters. The van der Waals surface area contributed by atoms with E-state index in [-0.39, 0.29) is 0 Å². The van der Waals surface area contributed by atoms with Gasteiger partial charge in [0, 0.05) is 16.3 Å². The first kappa shape index (κ1) is 28.0. The van der Waals surface area contributed by atoms with E-state index in [2.05, 4.69) is 155 Å². The van der Waals surface area contributed by atoms with Crippen LogP contribution in [0.5, 0.6) is 0 Å². The van der Waals surface area contributed by atoms with Crippen LogP contribution >= 0.6 is 0 Å². The van der Waals surface area contributed by atoms with Crippen LogP contribution in [0.15, 0.2) is 134 Å². The Morgan fingerprint density at radius 1 is 0.652 bits per heavy atom. The lowest BCUT2D eigenvalue weighted by atomic mass is 9.87. The van der Waals surface area contributed by atoms with Gasteiger partial charge in [0.05, 0.1) is 11.0 Å². The van der Waals surface area contributed by atoms with Crippen LogP contribution in [0.3, 0.4) is 0 Å². The van der Waals surface area contributed by atoms with Crippen molar-refractivity contribution in [3.63, 3.8) is 0 Å². The van der Waals surface area contributed by atoms with E-state index in [0.29, 0.717) is 0 Å². The lowest BCUT2D eigenvalue weighted by Gasteiger charge is -2.18. The Morgan fingerprint density at radius 2 is 1.35 bits per heavy atom. The topological polar surface area (TPSA) is 12.9 Å². The maximum absolute atomic E-state index is 5.25. The van der Waals surface area contributed by atoms with Gasteiger partial charge >= 0.3 is 0 Å². The SMILES string of the molecule is C=CC/C(c1cccc(-c2c3c(/C=C\C)c(C)ccc3nc3ccc4ccccc4c23)c1)=c1/ccc2cccc3ccc(C)c1c32. The fourth-order valence-corrected chi connectivity index (χ4v) is 7.50. The molecule has 0 saturated carbocycles. The molecule has 220 valence electrons. The molecular formula is C45H35N. The van der Waals surface area contributed by atoms with Gasteiger partial charge in [-0.05, 0) is 116 Å². The van der Waals surface area contributed by atoms with Gasteiger partial charge in [-0.2, -0.15) is 0 Å². The Hall–Kier alpha value is -5.53. The second-order valence-electron chi connectivity index (χ2n) is 12.4. The fourth-order valence-electron chi connectivity index (χ4n) is 7.50. The molecule has 0 spiro atoms. The zero-order valence-corrected chi connectivity index (χ0v) is 26.6. The van der Waals surface area contributed by atoms with Crippen molar-refractivity contribution in [3.8, 4) is 11.1 Å². The average molecular weight is 590 g/mol. The van der Waals surface area contributed by atoms with Gasteiger partial charge in [-0.1, -0.05) is 115 Å². The normalized spacial score (nSPS) is 12.7. The molecular weight excluding hydrogens is 555 g/mol. The Labute approximate surface area is 269 Å². The molecule has 8 rings (SSSR count). The largest absolute Gasteiger partial charge is 0.248 e. The van der Waals surface area contributed by atoms with Gasteiger partial charge in [0.1, 0.15) is 0 Å². The van der Waals surface area contributed by atoms with Crippen LogP contribution in [-0.4, -0.2) is 4.98 Å². The van der Waals surface area contributed by atoms with Gasteiger partial charge in [-0.15, -0.1) is 6.58 Å². The quantitative estimate of drug-likeness (QED) is 0.111. The van der Waals surface area contributed by atoms with Gasteiger partial charge in [-0.3, -0.25) is 0 Å². The number of benzene rings is 7. The van der Waals surface area contributed by atoms with E-state index in [9.17, 15) is 0 Å². The first-order chi connectivity index (χ1) is 22.6. The highest BCUT2D eigenvalue weighted by Gasteiger charge is 2.18. The number of fused-ring (bicyclic) bond motifs is 4. The minimum Gasteiger partial charge on any atom is -0.248 e. The predicted octanol–water partition coefficient (Wildman–Crippen LogP) is 11.7. The summed E-state index contributed by atoms with van der Waals surface area (Å²) in [5, 5.41) is 11.3. The Morgan fingerprint density at radius 3 is 2.17 bits per heavy atom. The maximum atomic E-state index is 5.25. The molecule has 0 unspecified atom stereocenters. The molecule has 0 aliphatic rings. The lowest BCUT2D eigenvalue weighted by Crippen LogP contribution is -2.10. The molecule has 1 heterocycles. The zero-order chi connectivity index (χ0) is 31.4. The van der Waals surface area contributed by atoms with E-state index in [1.807, 2.05) is 6.08 Å². The first-order valence-corrected chi connectivity index (χ1v) is 16.1. The summed E-state index contributed by atoms with van der Waals surface area (Å²) in [5.74, 6) is 0. The van der Waals surface area contributed by atoms with E-state index in [1.54, 1.807) is 0 Å². The molecule has 0 N–H and O–H groups in total. The van der Waals surface area contributed by atoms with Crippen LogP contribution in [0.2, 0.25) is 0 Å². The van der Waals surface area contributed by atoms with Crippen molar-refractivity contribution in [1.82, 2.24) is 4.98 Å². The molecule has 7 aromatic carbocycles. The second kappa shape index (κ2) is 11.1. The molecule has 1 aromatic heterocycles. The molecule has 8 aromatic rings. The highest BCUT2D eigenvalue weighted by Crippen LogP contribution is 2.42. The fraction of sp³-hybridized carbons (Fsp3) is 0.0889. The molecule has 0 aliphatic carbocycles. The number of pyridine rings is 1. The first-order valence-electron chi connectivity index (χ1n) is 16.1. The van der Waals surface area contributed by atoms with E-state index in [0.717, 1.165) is 17.5 Å². The molecule has 1 heteroatoms. The van der Waals surface area contributed by atoms with Crippen molar-refractivity contribution in [2.45, 2.75) is 27.2 Å². The van der Waals surface area contributed by atoms with Crippen molar-refractivity contribution in [3.05, 3.63) is 161 Å². The van der Waals surface area contributed by atoms with Gasteiger partial charge in [0.2, 0.25) is 0 Å². The van der Waals surface area contributed by atoms with Crippen molar-refractivity contribution < 1.29 is 0 Å². The molecule has 0 fully saturated rings. The van der Waals surface area contributed by atoms with Gasteiger partial charge in [0.25, 0.3) is 0 Å². The van der Waals surface area contributed by atoms with Crippen LogP contribution in [0.1, 0.15) is 35.6 Å². The van der Waals surface area contributed by atoms with E-state index < -0.39 is 0 Å². The van der Waals surface area contributed by atoms with Gasteiger partial charge in [0.15, 0.2) is 0 Å². The number of nitrogens with zero attached hydrogens (tertiary/aromatic N) is 1. The summed E-state index contributed by atoms with van der Waals surface area (Å²) < 4.78 is 0. The third-order valence-corrected chi connectivity index (χ3v) is 9.58. The molecule has 0 radical (unpaired) electrons. The molecule has 0 aliphatic heterocycles. The van der Waals surface area contributed by atoms with Crippen molar-refractivity contribution in [1.29, 1.82) is 0 Å². The zero-order valence-electron chi connectivity index (χ0n) is 26.6. The maximum Gasteiger partial charge on any atom is 0.0722 e. The summed E-state index contributed by atoms with van der Waals surface area (Å²) in [6, 6.07) is 42.3. The minimum atomic E-state index is 0.769. The smallest absolute Gasteiger partial charge is 0.0722 e. The summed E-state index contributed by atoms with van der Waals surface area (Å²) in [5.41, 5.74) is 10.7. The van der Waals surface area contributed by atoms with E-state index in [1.165, 1.54) is 87.3 Å². The number of aromatic nitrogens is 1. The Kier molecular flexibility index (Phi) is 6.76. The summed E-state index contributed by atoms with van der Waals surface area (Å²) >= 11 is 0. The van der Waals surface area contributed by atoms with E-state index in [4.69, 9.17) is 4.98 Å². The molecule has 0 saturated heterocycles. The third kappa shape index (κ3) is 4.35. The molecule has 0 amide bonds. The number of hydrogen-bond acceptors (Lipinski definition) is 1. The van der Waals surface area contributed by atoms with Crippen LogP contribution < -0.4 is 5.22 Å². The highest BCUT2D eigenvalue weighted by molar-refractivity contribution is 6.21. The van der Waals surface area contributed by atoms with Crippen LogP contribution in [-0.2, 0) is 0 Å². The molecule has 46 heavy (non-hydrogen) atoms. The summed E-state index contributed by atoms with van der Waals surface area (Å²) in [7, 11) is 0. The summed E-state index contributed by atoms with van der Waals surface area (Å²) in [4.78, 5) is 5.25. The summed E-state index contributed by atoms with van der Waals surface area (Å²) in [6.07, 6.45) is 7.18. The van der Waals surface area contributed by atoms with E-state index >= 15 is 0 Å². The van der Waals surface area contributed by atoms with Crippen LogP contribution in [0.25, 0.3) is 76.9 Å². The minimum absolute atomic E-state index is 0.769. The summed E-state index contributed by atoms with van der Waals surface area (Å²) in [6.45, 7) is 10.7. The molecule has 1 nitrogen and oxygen atoms in total. The number of hydrogen-bond donors (Lipinski definition) is 0.